The van der Waals surface area contributed by atoms with Crippen LogP contribution in [-0.2, 0) is 52.3 Å². The molecule has 0 aromatic carbocycles. The fourth-order valence-electron chi connectivity index (χ4n) is 6.78. The first-order valence-electron chi connectivity index (χ1n) is 15.5. The van der Waals surface area contributed by atoms with Crippen LogP contribution in [0.3, 0.4) is 0 Å². The zero-order valence-corrected chi connectivity index (χ0v) is 26.8. The molecule has 23 nitrogen and oxygen atoms in total. The summed E-state index contributed by atoms with van der Waals surface area (Å²) in [5, 5.41) is 124. The molecule has 292 valence electrons. The monoisotopic (exact) mass is 746 g/mol. The van der Waals surface area contributed by atoms with Crippen LogP contribution < -0.4 is 0 Å². The molecular formula is C28H42O23. The Labute approximate surface area is 287 Å². The summed E-state index contributed by atoms with van der Waals surface area (Å²) in [6.07, 6.45) is -36.5. The van der Waals surface area contributed by atoms with Gasteiger partial charge < -0.3 is 94.4 Å². The van der Waals surface area contributed by atoms with Crippen molar-refractivity contribution in [1.82, 2.24) is 0 Å². The summed E-state index contributed by atoms with van der Waals surface area (Å²) < 4.78 is 36.7. The quantitative estimate of drug-likeness (QED) is 0.0882. The second kappa shape index (κ2) is 16.5. The Bertz CT molecular complexity index is 1250. The lowest BCUT2D eigenvalue weighted by Gasteiger charge is -2.48. The number of carboxylic acids is 4. The van der Waals surface area contributed by atoms with E-state index in [-0.39, 0.29) is 6.42 Å². The van der Waals surface area contributed by atoms with Crippen molar-refractivity contribution < 1.29 is 114 Å². The average molecular weight is 747 g/mol. The van der Waals surface area contributed by atoms with E-state index in [1.165, 1.54) is 0 Å². The maximum absolute atomic E-state index is 12.3. The molecule has 0 spiro atoms. The predicted molar refractivity (Wildman–Crippen MR) is 152 cm³/mol. The van der Waals surface area contributed by atoms with Gasteiger partial charge in [0.15, 0.2) is 24.8 Å². The maximum atomic E-state index is 12.3. The first kappa shape index (κ1) is 41.0. The Hall–Kier alpha value is -2.72. The second-order valence-corrected chi connectivity index (χ2v) is 12.6. The third-order valence-corrected chi connectivity index (χ3v) is 9.60. The number of rotatable bonds is 12. The van der Waals surface area contributed by atoms with Crippen LogP contribution in [0.4, 0.5) is 0 Å². The van der Waals surface area contributed by atoms with Crippen molar-refractivity contribution in [3.05, 3.63) is 0 Å². The van der Waals surface area contributed by atoms with E-state index in [1.54, 1.807) is 0 Å². The van der Waals surface area contributed by atoms with Gasteiger partial charge in [0.25, 0.3) is 0 Å². The Morgan fingerprint density at radius 2 is 0.824 bits per heavy atom. The summed E-state index contributed by atoms with van der Waals surface area (Å²) in [7, 11) is 2.18. The number of carbonyl (C=O) groups is 4. The molecular weight excluding hydrogens is 704 g/mol. The second-order valence-electron chi connectivity index (χ2n) is 12.6. The van der Waals surface area contributed by atoms with Crippen LogP contribution in [0.15, 0.2) is 0 Å². The van der Waals surface area contributed by atoms with E-state index >= 15 is 0 Å². The molecule has 4 rings (SSSR count). The van der Waals surface area contributed by atoms with Crippen LogP contribution in [0.2, 0.25) is 0 Å². The summed E-state index contributed by atoms with van der Waals surface area (Å²) in [6.45, 7) is 0. The van der Waals surface area contributed by atoms with Crippen molar-refractivity contribution in [2.45, 2.75) is 123 Å². The van der Waals surface area contributed by atoms with Crippen molar-refractivity contribution in [3.8, 4) is 0 Å². The summed E-state index contributed by atoms with van der Waals surface area (Å²) in [4.78, 5) is 48.1. The summed E-state index contributed by atoms with van der Waals surface area (Å²) in [5.74, 6) is -10.2. The Balaban J connectivity index is 1.51. The van der Waals surface area contributed by atoms with Gasteiger partial charge >= 0.3 is 23.9 Å². The lowest BCUT2D eigenvalue weighted by atomic mass is 9.80. The highest BCUT2D eigenvalue weighted by Crippen LogP contribution is 2.38. The lowest BCUT2D eigenvalue weighted by Crippen LogP contribution is -2.66. The van der Waals surface area contributed by atoms with Gasteiger partial charge in [-0.15, -0.1) is 0 Å². The molecule has 0 radical (unpaired) electrons. The van der Waals surface area contributed by atoms with E-state index in [0.717, 1.165) is 14.2 Å². The maximum Gasteiger partial charge on any atom is 0.335 e. The van der Waals surface area contributed by atoms with Gasteiger partial charge in [-0.3, -0.25) is 9.59 Å². The molecule has 23 heteroatoms. The van der Waals surface area contributed by atoms with Crippen molar-refractivity contribution >= 4 is 23.9 Å². The zero-order valence-electron chi connectivity index (χ0n) is 26.8. The normalized spacial score (nSPS) is 47.7. The average Bonchev–Trinajstić information content (AvgIpc) is 3.07. The lowest BCUT2D eigenvalue weighted by molar-refractivity contribution is -0.341. The number of aliphatic carboxylic acids is 4. The summed E-state index contributed by atoms with van der Waals surface area (Å²) in [5.41, 5.74) is 0. The number of methoxy groups -OCH3 is 2. The first-order chi connectivity index (χ1) is 23.9. The number of carboxylic acid groups (broad SMARTS) is 4. The predicted octanol–water partition coefficient (Wildman–Crippen LogP) is -6.74. The fourth-order valence-corrected chi connectivity index (χ4v) is 6.78. The minimum Gasteiger partial charge on any atom is -0.481 e. The molecule has 0 aromatic rings. The number of aliphatic hydroxyl groups is 8. The van der Waals surface area contributed by atoms with E-state index in [4.69, 9.17) is 33.2 Å². The van der Waals surface area contributed by atoms with Crippen LogP contribution in [0.5, 0.6) is 0 Å². The number of hydrogen-bond donors (Lipinski definition) is 12. The van der Waals surface area contributed by atoms with Gasteiger partial charge in [0, 0.05) is 14.2 Å². The SMILES string of the molecule is CO[C@@H]1C(C(=O)O)O[C@@H](O[C@H]2C(O)C(O)[C@H](O[C@@H]3C(C(=O)O)O[C@@H](O[C@H]4C(O)C(O)[C@H](OC)C[C@H]4C(=O)O)C(O)[C@H]3O)C[C@H]2C(=O)O)C(O)[C@@H]1O. The third kappa shape index (κ3) is 8.12. The number of hydrogen-bond acceptors (Lipinski definition) is 19. The zero-order chi connectivity index (χ0) is 38.2. The van der Waals surface area contributed by atoms with Gasteiger partial charge in [0.05, 0.1) is 24.0 Å². The van der Waals surface area contributed by atoms with Gasteiger partial charge in [-0.2, -0.15) is 0 Å². The Morgan fingerprint density at radius 1 is 0.451 bits per heavy atom. The molecule has 2 heterocycles. The molecule has 0 aromatic heterocycles. The van der Waals surface area contributed by atoms with Crippen molar-refractivity contribution in [2.24, 2.45) is 11.8 Å². The van der Waals surface area contributed by atoms with Gasteiger partial charge in [0.2, 0.25) is 0 Å². The largest absolute Gasteiger partial charge is 0.481 e. The van der Waals surface area contributed by atoms with Gasteiger partial charge in [0.1, 0.15) is 73.2 Å². The van der Waals surface area contributed by atoms with Crippen LogP contribution in [-0.4, -0.2) is 210 Å². The highest BCUT2D eigenvalue weighted by molar-refractivity contribution is 5.74. The highest BCUT2D eigenvalue weighted by atomic mass is 16.7. The molecule has 2 saturated heterocycles. The molecule has 0 amide bonds. The minimum atomic E-state index is -2.28. The van der Waals surface area contributed by atoms with E-state index in [1.807, 2.05) is 0 Å². The topological polar surface area (TPSA) is 376 Å². The van der Waals surface area contributed by atoms with Crippen LogP contribution >= 0.6 is 0 Å². The molecule has 2 saturated carbocycles. The van der Waals surface area contributed by atoms with E-state index < -0.39 is 152 Å². The molecule has 20 atom stereocenters. The summed E-state index contributed by atoms with van der Waals surface area (Å²) >= 11 is 0. The van der Waals surface area contributed by atoms with E-state index in [2.05, 4.69) is 0 Å². The van der Waals surface area contributed by atoms with Crippen molar-refractivity contribution in [3.63, 3.8) is 0 Å². The molecule has 4 fully saturated rings. The molecule has 8 unspecified atom stereocenters. The van der Waals surface area contributed by atoms with Crippen molar-refractivity contribution in [1.29, 1.82) is 0 Å². The minimum absolute atomic E-state index is 0.383. The molecule has 4 aliphatic rings. The van der Waals surface area contributed by atoms with Crippen LogP contribution in [0.1, 0.15) is 12.8 Å². The summed E-state index contributed by atoms with van der Waals surface area (Å²) in [6, 6.07) is 0. The smallest absolute Gasteiger partial charge is 0.335 e. The van der Waals surface area contributed by atoms with Gasteiger partial charge in [-0.1, -0.05) is 0 Å². The van der Waals surface area contributed by atoms with Crippen LogP contribution in [0.25, 0.3) is 0 Å². The molecule has 2 aliphatic carbocycles. The van der Waals surface area contributed by atoms with Crippen molar-refractivity contribution in [2.75, 3.05) is 14.2 Å². The Kier molecular flexibility index (Phi) is 13.3. The fraction of sp³-hybridized carbons (Fsp3) is 0.857. The van der Waals surface area contributed by atoms with E-state index in [0.29, 0.717) is 0 Å². The number of aliphatic hydroxyl groups excluding tert-OH is 8. The molecule has 2 aliphatic heterocycles. The molecule has 0 bridgehead atoms. The van der Waals surface area contributed by atoms with E-state index in [9.17, 15) is 80.5 Å². The number of ether oxygens (including phenoxy) is 7. The third-order valence-electron chi connectivity index (χ3n) is 9.60. The van der Waals surface area contributed by atoms with Gasteiger partial charge in [-0.25, -0.2) is 9.59 Å². The van der Waals surface area contributed by atoms with Gasteiger partial charge in [-0.05, 0) is 12.8 Å². The van der Waals surface area contributed by atoms with Crippen LogP contribution in [0, 0.1) is 11.8 Å². The highest BCUT2D eigenvalue weighted by Gasteiger charge is 2.57. The molecule has 12 N–H and O–H groups in total. The Morgan fingerprint density at radius 3 is 1.22 bits per heavy atom. The standard InChI is InChI=1S/C28H42O23/c1-45-7-3-5(23(37)38)17(11(31)9(7)29)48-28-16(36)14(34)20(22(51-28)26(43)44)47-8-4-6(24(39)40)18(12(32)10(8)30)49-27-15(35)13(33)19(46-2)21(50-27)25(41)42/h5-22,27-36H,3-4H2,1-2H3,(H,37,38)(H,39,40)(H,41,42)(H,43,44)/t5-,6-,7-,8-,9?,10?,11?,12?,13+,14-,15?,16?,17-,18-,19+,20+,21?,22?,27-,28-/m1/s1. The molecule has 51 heavy (non-hydrogen) atoms. The first-order valence-corrected chi connectivity index (χ1v) is 15.5.